The van der Waals surface area contributed by atoms with Crippen LogP contribution in [-0.2, 0) is 15.3 Å². The van der Waals surface area contributed by atoms with E-state index in [1.54, 1.807) is 6.20 Å². The molecule has 0 spiro atoms. The van der Waals surface area contributed by atoms with Crippen LogP contribution in [0.1, 0.15) is 25.1 Å². The summed E-state index contributed by atoms with van der Waals surface area (Å²) in [4.78, 5) is 4.44. The summed E-state index contributed by atoms with van der Waals surface area (Å²) in [6, 6.07) is 13.3. The van der Waals surface area contributed by atoms with Gasteiger partial charge in [-0.2, -0.15) is 0 Å². The van der Waals surface area contributed by atoms with Gasteiger partial charge < -0.3 is 9.47 Å². The lowest BCUT2D eigenvalue weighted by atomic mass is 9.92. The van der Waals surface area contributed by atoms with Gasteiger partial charge in [0.25, 0.3) is 0 Å². The SMILES string of the molecule is CC1(C)COC(c2ccc(Cl)cc2)(c2ccccn2)OC1. The summed E-state index contributed by atoms with van der Waals surface area (Å²) < 4.78 is 12.3. The molecule has 110 valence electrons. The smallest absolute Gasteiger partial charge is 0.239 e. The lowest BCUT2D eigenvalue weighted by Crippen LogP contribution is -2.46. The van der Waals surface area contributed by atoms with Gasteiger partial charge in [0.2, 0.25) is 5.79 Å². The molecule has 0 unspecified atom stereocenters. The summed E-state index contributed by atoms with van der Waals surface area (Å²) in [6.45, 7) is 5.45. The quantitative estimate of drug-likeness (QED) is 0.840. The summed E-state index contributed by atoms with van der Waals surface area (Å²) in [7, 11) is 0. The maximum atomic E-state index is 6.17. The van der Waals surface area contributed by atoms with Crippen LogP contribution in [0.25, 0.3) is 0 Å². The van der Waals surface area contributed by atoms with Crippen LogP contribution in [0.4, 0.5) is 0 Å². The highest BCUT2D eigenvalue weighted by Crippen LogP contribution is 2.40. The van der Waals surface area contributed by atoms with E-state index in [1.807, 2.05) is 42.5 Å². The van der Waals surface area contributed by atoms with Crippen LogP contribution >= 0.6 is 11.6 Å². The van der Waals surface area contributed by atoms with E-state index in [4.69, 9.17) is 21.1 Å². The Morgan fingerprint density at radius 3 is 2.24 bits per heavy atom. The molecule has 1 saturated heterocycles. The van der Waals surface area contributed by atoms with Crippen LogP contribution < -0.4 is 0 Å². The van der Waals surface area contributed by atoms with Crippen molar-refractivity contribution in [1.29, 1.82) is 0 Å². The molecule has 3 rings (SSSR count). The van der Waals surface area contributed by atoms with Crippen molar-refractivity contribution in [2.75, 3.05) is 13.2 Å². The van der Waals surface area contributed by atoms with Crippen LogP contribution in [0, 0.1) is 5.41 Å². The Labute approximate surface area is 129 Å². The molecule has 0 saturated carbocycles. The van der Waals surface area contributed by atoms with Crippen molar-refractivity contribution in [3.63, 3.8) is 0 Å². The molecular formula is C17H18ClNO2. The van der Waals surface area contributed by atoms with E-state index in [0.29, 0.717) is 18.2 Å². The Morgan fingerprint density at radius 2 is 1.67 bits per heavy atom. The first-order valence-corrected chi connectivity index (χ1v) is 7.35. The highest BCUT2D eigenvalue weighted by atomic mass is 35.5. The maximum Gasteiger partial charge on any atom is 0.239 e. The average molecular weight is 304 g/mol. The van der Waals surface area contributed by atoms with Gasteiger partial charge >= 0.3 is 0 Å². The predicted octanol–water partition coefficient (Wildman–Crippen LogP) is 4.01. The van der Waals surface area contributed by atoms with Gasteiger partial charge in [0.15, 0.2) is 0 Å². The minimum atomic E-state index is -0.957. The molecule has 4 heteroatoms. The second-order valence-corrected chi connectivity index (χ2v) is 6.52. The zero-order valence-corrected chi connectivity index (χ0v) is 12.9. The second kappa shape index (κ2) is 5.41. The van der Waals surface area contributed by atoms with Crippen LogP contribution in [0.5, 0.6) is 0 Å². The molecule has 0 aliphatic carbocycles. The Balaban J connectivity index is 2.06. The van der Waals surface area contributed by atoms with Crippen molar-refractivity contribution in [3.05, 3.63) is 64.9 Å². The number of nitrogens with zero attached hydrogens (tertiary/aromatic N) is 1. The number of benzene rings is 1. The molecule has 1 fully saturated rings. The summed E-state index contributed by atoms with van der Waals surface area (Å²) in [5, 5.41) is 0.686. The Bertz CT molecular complexity index is 600. The van der Waals surface area contributed by atoms with Gasteiger partial charge in [-0.05, 0) is 24.3 Å². The number of halogens is 1. The second-order valence-electron chi connectivity index (χ2n) is 6.08. The van der Waals surface area contributed by atoms with Crippen LogP contribution in [0.3, 0.4) is 0 Å². The third kappa shape index (κ3) is 2.82. The molecule has 0 radical (unpaired) electrons. The van der Waals surface area contributed by atoms with E-state index < -0.39 is 5.79 Å². The lowest BCUT2D eigenvalue weighted by Gasteiger charge is -2.43. The first-order valence-electron chi connectivity index (χ1n) is 6.97. The number of aromatic nitrogens is 1. The monoisotopic (exact) mass is 303 g/mol. The zero-order chi connectivity index (χ0) is 14.9. The highest BCUT2D eigenvalue weighted by Gasteiger charge is 2.44. The molecule has 2 heterocycles. The largest absolute Gasteiger partial charge is 0.340 e. The minimum absolute atomic E-state index is 0.00922. The minimum Gasteiger partial charge on any atom is -0.340 e. The standard InChI is InChI=1S/C17H18ClNO2/c1-16(2)11-20-17(21-12-16,15-5-3-4-10-19-15)13-6-8-14(18)9-7-13/h3-10H,11-12H2,1-2H3. The zero-order valence-electron chi connectivity index (χ0n) is 12.2. The van der Waals surface area contributed by atoms with Gasteiger partial charge in [-0.15, -0.1) is 0 Å². The number of pyridine rings is 1. The summed E-state index contributed by atoms with van der Waals surface area (Å²) in [5.41, 5.74) is 1.65. The Morgan fingerprint density at radius 1 is 1.00 bits per heavy atom. The topological polar surface area (TPSA) is 31.4 Å². The first kappa shape index (κ1) is 14.5. The molecule has 1 aromatic carbocycles. The van der Waals surface area contributed by atoms with Gasteiger partial charge in [-0.25, -0.2) is 0 Å². The number of rotatable bonds is 2. The van der Waals surface area contributed by atoms with Gasteiger partial charge in [0.1, 0.15) is 5.69 Å². The molecule has 0 N–H and O–H groups in total. The van der Waals surface area contributed by atoms with E-state index in [1.165, 1.54) is 0 Å². The normalized spacial score (nSPS) is 20.1. The highest BCUT2D eigenvalue weighted by molar-refractivity contribution is 6.30. The molecular weight excluding hydrogens is 286 g/mol. The van der Waals surface area contributed by atoms with Crippen molar-refractivity contribution in [3.8, 4) is 0 Å². The van der Waals surface area contributed by atoms with Crippen molar-refractivity contribution >= 4 is 11.6 Å². The average Bonchev–Trinajstić information content (AvgIpc) is 2.50. The summed E-state index contributed by atoms with van der Waals surface area (Å²) >= 11 is 5.99. The summed E-state index contributed by atoms with van der Waals surface area (Å²) in [5.74, 6) is -0.957. The first-order chi connectivity index (χ1) is 10.0. The third-order valence-electron chi connectivity index (χ3n) is 3.56. The van der Waals surface area contributed by atoms with E-state index in [2.05, 4.69) is 18.8 Å². The Kier molecular flexibility index (Phi) is 3.74. The van der Waals surface area contributed by atoms with Crippen LogP contribution in [-0.4, -0.2) is 18.2 Å². The fraction of sp³-hybridized carbons (Fsp3) is 0.353. The molecule has 3 nitrogen and oxygen atoms in total. The molecule has 0 bridgehead atoms. The molecule has 1 aliphatic heterocycles. The molecule has 1 aromatic heterocycles. The molecule has 21 heavy (non-hydrogen) atoms. The predicted molar refractivity (Wildman–Crippen MR) is 82.2 cm³/mol. The van der Waals surface area contributed by atoms with E-state index in [0.717, 1.165) is 11.3 Å². The van der Waals surface area contributed by atoms with Crippen LogP contribution in [0.2, 0.25) is 5.02 Å². The van der Waals surface area contributed by atoms with Crippen molar-refractivity contribution in [2.45, 2.75) is 19.6 Å². The fourth-order valence-electron chi connectivity index (χ4n) is 2.37. The van der Waals surface area contributed by atoms with Crippen molar-refractivity contribution in [2.24, 2.45) is 5.41 Å². The fourth-order valence-corrected chi connectivity index (χ4v) is 2.49. The van der Waals surface area contributed by atoms with Crippen molar-refractivity contribution in [1.82, 2.24) is 4.98 Å². The molecule has 0 amide bonds. The van der Waals surface area contributed by atoms with E-state index >= 15 is 0 Å². The maximum absolute atomic E-state index is 6.17. The number of hydrogen-bond acceptors (Lipinski definition) is 3. The number of hydrogen-bond donors (Lipinski definition) is 0. The van der Waals surface area contributed by atoms with E-state index in [-0.39, 0.29) is 5.41 Å². The Hall–Kier alpha value is -1.42. The summed E-state index contributed by atoms with van der Waals surface area (Å²) in [6.07, 6.45) is 1.75. The van der Waals surface area contributed by atoms with Gasteiger partial charge in [-0.1, -0.05) is 43.6 Å². The van der Waals surface area contributed by atoms with Crippen molar-refractivity contribution < 1.29 is 9.47 Å². The van der Waals surface area contributed by atoms with Gasteiger partial charge in [-0.3, -0.25) is 4.98 Å². The molecule has 1 aliphatic rings. The number of ether oxygens (including phenoxy) is 2. The van der Waals surface area contributed by atoms with E-state index in [9.17, 15) is 0 Å². The lowest BCUT2D eigenvalue weighted by molar-refractivity contribution is -0.286. The third-order valence-corrected chi connectivity index (χ3v) is 3.81. The van der Waals surface area contributed by atoms with Gasteiger partial charge in [0, 0.05) is 22.2 Å². The van der Waals surface area contributed by atoms with Crippen LogP contribution in [0.15, 0.2) is 48.7 Å². The molecule has 2 aromatic rings. The van der Waals surface area contributed by atoms with Gasteiger partial charge in [0.05, 0.1) is 13.2 Å². The molecule has 0 atom stereocenters.